The van der Waals surface area contributed by atoms with E-state index in [0.29, 0.717) is 6.42 Å². The summed E-state index contributed by atoms with van der Waals surface area (Å²) < 4.78 is 0. The molecule has 0 saturated heterocycles. The molecular formula is C15H26N2O4. The van der Waals surface area contributed by atoms with Crippen LogP contribution in [0.2, 0.25) is 0 Å². The van der Waals surface area contributed by atoms with E-state index in [1.54, 1.807) is 6.92 Å². The van der Waals surface area contributed by atoms with E-state index in [9.17, 15) is 14.4 Å². The van der Waals surface area contributed by atoms with Crippen LogP contribution in [-0.4, -0.2) is 35.5 Å². The number of carbonyl (C=O) groups is 3. The number of aliphatic carboxylic acids is 1. The Bertz CT molecular complexity index is 378. The van der Waals surface area contributed by atoms with Crippen molar-refractivity contribution < 1.29 is 19.5 Å². The van der Waals surface area contributed by atoms with Gasteiger partial charge in [0.05, 0.1) is 0 Å². The van der Waals surface area contributed by atoms with Gasteiger partial charge in [-0.15, -0.1) is 0 Å². The molecule has 0 aromatic carbocycles. The van der Waals surface area contributed by atoms with Crippen molar-refractivity contribution in [3.8, 4) is 0 Å². The van der Waals surface area contributed by atoms with E-state index in [4.69, 9.17) is 5.11 Å². The fourth-order valence-corrected chi connectivity index (χ4v) is 2.56. The number of carboxylic acids is 1. The highest BCUT2D eigenvalue weighted by Crippen LogP contribution is 2.24. The minimum Gasteiger partial charge on any atom is -0.480 e. The molecule has 0 aromatic rings. The van der Waals surface area contributed by atoms with Crippen LogP contribution in [0.1, 0.15) is 52.4 Å². The van der Waals surface area contributed by atoms with Gasteiger partial charge in [-0.1, -0.05) is 33.1 Å². The first-order chi connectivity index (χ1) is 9.95. The molecule has 0 unspecified atom stereocenters. The Morgan fingerprint density at radius 1 is 1.24 bits per heavy atom. The molecule has 0 radical (unpaired) electrons. The quantitative estimate of drug-likeness (QED) is 0.629. The standard InChI is InChI=1S/C15H26N2O4/c1-3-10(2)13(15(20)21)17-12(18)8-9-16-14(19)11-6-4-5-7-11/h10-11,13H,3-9H2,1-2H3,(H,16,19)(H,17,18)(H,20,21)/t10-,13-/m0/s1. The predicted octanol–water partition coefficient (Wildman–Crippen LogP) is 1.30. The average Bonchev–Trinajstić information content (AvgIpc) is 2.97. The highest BCUT2D eigenvalue weighted by molar-refractivity contribution is 5.84. The summed E-state index contributed by atoms with van der Waals surface area (Å²) in [5.41, 5.74) is 0. The van der Waals surface area contributed by atoms with Crippen LogP contribution in [0.15, 0.2) is 0 Å². The van der Waals surface area contributed by atoms with Gasteiger partial charge in [-0.3, -0.25) is 9.59 Å². The van der Waals surface area contributed by atoms with Gasteiger partial charge >= 0.3 is 5.97 Å². The van der Waals surface area contributed by atoms with Crippen molar-refractivity contribution in [2.24, 2.45) is 11.8 Å². The van der Waals surface area contributed by atoms with Crippen LogP contribution in [0.4, 0.5) is 0 Å². The van der Waals surface area contributed by atoms with Gasteiger partial charge in [0.25, 0.3) is 0 Å². The smallest absolute Gasteiger partial charge is 0.326 e. The largest absolute Gasteiger partial charge is 0.480 e. The van der Waals surface area contributed by atoms with Gasteiger partial charge in [0, 0.05) is 18.9 Å². The molecule has 1 aliphatic carbocycles. The Morgan fingerprint density at radius 3 is 2.38 bits per heavy atom. The average molecular weight is 298 g/mol. The van der Waals surface area contributed by atoms with Gasteiger partial charge in [0.2, 0.25) is 11.8 Å². The number of amides is 2. The zero-order valence-electron chi connectivity index (χ0n) is 12.9. The van der Waals surface area contributed by atoms with Crippen LogP contribution in [-0.2, 0) is 14.4 Å². The van der Waals surface area contributed by atoms with Crippen molar-refractivity contribution in [2.45, 2.75) is 58.4 Å². The van der Waals surface area contributed by atoms with E-state index in [1.807, 2.05) is 6.92 Å². The molecule has 2 atom stereocenters. The van der Waals surface area contributed by atoms with Gasteiger partial charge < -0.3 is 15.7 Å². The first kappa shape index (κ1) is 17.5. The second-order valence-corrected chi connectivity index (χ2v) is 5.79. The Kier molecular flexibility index (Phi) is 7.19. The van der Waals surface area contributed by atoms with Crippen molar-refractivity contribution in [1.82, 2.24) is 10.6 Å². The van der Waals surface area contributed by atoms with Gasteiger partial charge in [0.1, 0.15) is 6.04 Å². The molecule has 21 heavy (non-hydrogen) atoms. The lowest BCUT2D eigenvalue weighted by Gasteiger charge is -2.20. The molecule has 0 bridgehead atoms. The summed E-state index contributed by atoms with van der Waals surface area (Å²) >= 11 is 0. The normalized spacial score (nSPS) is 18.0. The van der Waals surface area contributed by atoms with E-state index >= 15 is 0 Å². The number of nitrogens with one attached hydrogen (secondary N) is 2. The summed E-state index contributed by atoms with van der Waals surface area (Å²) in [6.07, 6.45) is 4.82. The van der Waals surface area contributed by atoms with E-state index in [1.165, 1.54) is 0 Å². The third-order valence-corrected chi connectivity index (χ3v) is 4.17. The van der Waals surface area contributed by atoms with E-state index in [2.05, 4.69) is 10.6 Å². The SMILES string of the molecule is CC[C@H](C)[C@H](NC(=O)CCNC(=O)C1CCCC1)C(=O)O. The Hall–Kier alpha value is -1.59. The summed E-state index contributed by atoms with van der Waals surface area (Å²) in [6.45, 7) is 3.93. The monoisotopic (exact) mass is 298 g/mol. The number of carbonyl (C=O) groups excluding carboxylic acids is 2. The Balaban J connectivity index is 2.29. The molecule has 2 amide bonds. The zero-order valence-corrected chi connectivity index (χ0v) is 12.9. The summed E-state index contributed by atoms with van der Waals surface area (Å²) in [5.74, 6) is -1.39. The number of hydrogen-bond donors (Lipinski definition) is 3. The molecule has 0 spiro atoms. The highest BCUT2D eigenvalue weighted by Gasteiger charge is 2.25. The summed E-state index contributed by atoms with van der Waals surface area (Å²) in [7, 11) is 0. The molecule has 1 aliphatic rings. The van der Waals surface area contributed by atoms with Crippen LogP contribution in [0.25, 0.3) is 0 Å². The van der Waals surface area contributed by atoms with Crippen molar-refractivity contribution in [3.05, 3.63) is 0 Å². The van der Waals surface area contributed by atoms with Crippen molar-refractivity contribution in [2.75, 3.05) is 6.54 Å². The zero-order chi connectivity index (χ0) is 15.8. The van der Waals surface area contributed by atoms with Gasteiger partial charge in [-0.25, -0.2) is 4.79 Å². The fourth-order valence-electron chi connectivity index (χ4n) is 2.56. The minimum absolute atomic E-state index is 0.0111. The summed E-state index contributed by atoms with van der Waals surface area (Å²) in [6, 6.07) is -0.868. The predicted molar refractivity (Wildman–Crippen MR) is 78.6 cm³/mol. The molecule has 6 heteroatoms. The van der Waals surface area contributed by atoms with Crippen LogP contribution in [0.5, 0.6) is 0 Å². The topological polar surface area (TPSA) is 95.5 Å². The molecule has 120 valence electrons. The molecule has 0 aromatic heterocycles. The van der Waals surface area contributed by atoms with Gasteiger partial charge in [-0.05, 0) is 18.8 Å². The summed E-state index contributed by atoms with van der Waals surface area (Å²) in [4.78, 5) is 34.6. The third kappa shape index (κ3) is 5.73. The number of hydrogen-bond acceptors (Lipinski definition) is 3. The number of rotatable bonds is 8. The maximum absolute atomic E-state index is 11.8. The summed E-state index contributed by atoms with van der Waals surface area (Å²) in [5, 5.41) is 14.4. The lowest BCUT2D eigenvalue weighted by Crippen LogP contribution is -2.45. The van der Waals surface area contributed by atoms with Crippen molar-refractivity contribution >= 4 is 17.8 Å². The van der Waals surface area contributed by atoms with Crippen LogP contribution >= 0.6 is 0 Å². The molecule has 0 aliphatic heterocycles. The molecule has 6 nitrogen and oxygen atoms in total. The first-order valence-corrected chi connectivity index (χ1v) is 7.75. The van der Waals surface area contributed by atoms with Crippen molar-refractivity contribution in [3.63, 3.8) is 0 Å². The fraction of sp³-hybridized carbons (Fsp3) is 0.800. The second-order valence-electron chi connectivity index (χ2n) is 5.79. The molecule has 0 heterocycles. The molecule has 3 N–H and O–H groups in total. The lowest BCUT2D eigenvalue weighted by molar-refractivity contribution is -0.143. The maximum atomic E-state index is 11.8. The molecule has 1 saturated carbocycles. The molecule has 1 fully saturated rings. The Labute approximate surface area is 125 Å². The maximum Gasteiger partial charge on any atom is 0.326 e. The lowest BCUT2D eigenvalue weighted by atomic mass is 9.99. The first-order valence-electron chi connectivity index (χ1n) is 7.75. The van der Waals surface area contributed by atoms with Crippen molar-refractivity contribution in [1.29, 1.82) is 0 Å². The molecular weight excluding hydrogens is 272 g/mol. The van der Waals surface area contributed by atoms with Crippen LogP contribution < -0.4 is 10.6 Å². The third-order valence-electron chi connectivity index (χ3n) is 4.17. The van der Waals surface area contributed by atoms with Crippen LogP contribution in [0, 0.1) is 11.8 Å². The highest BCUT2D eigenvalue weighted by atomic mass is 16.4. The van der Waals surface area contributed by atoms with E-state index in [-0.39, 0.29) is 36.6 Å². The van der Waals surface area contributed by atoms with Gasteiger partial charge in [-0.2, -0.15) is 0 Å². The van der Waals surface area contributed by atoms with E-state index < -0.39 is 12.0 Å². The minimum atomic E-state index is -1.02. The van der Waals surface area contributed by atoms with E-state index in [0.717, 1.165) is 25.7 Å². The molecule has 1 rings (SSSR count). The number of carboxylic acid groups (broad SMARTS) is 1. The Morgan fingerprint density at radius 2 is 1.86 bits per heavy atom. The second kappa shape index (κ2) is 8.64. The van der Waals surface area contributed by atoms with Gasteiger partial charge in [0.15, 0.2) is 0 Å². The van der Waals surface area contributed by atoms with Crippen LogP contribution in [0.3, 0.4) is 0 Å².